The molecule has 3 nitrogen and oxygen atoms in total. The monoisotopic (exact) mass is 195 g/mol. The van der Waals surface area contributed by atoms with E-state index in [2.05, 4.69) is 30.3 Å². The predicted molar refractivity (Wildman–Crippen MR) is 59.0 cm³/mol. The fourth-order valence-corrected chi connectivity index (χ4v) is 1.35. The average Bonchev–Trinajstić information content (AvgIpc) is 2.45. The number of nitrogens with two attached hydrogens (primary N) is 1. The van der Waals surface area contributed by atoms with Crippen LogP contribution < -0.4 is 5.73 Å². The highest BCUT2D eigenvalue weighted by atomic mass is 15.0. The molecule has 0 aliphatic rings. The lowest BCUT2D eigenvalue weighted by Gasteiger charge is -2.26. The quantitative estimate of drug-likeness (QED) is 0.798. The largest absolute Gasteiger partial charge is 0.338 e. The highest BCUT2D eigenvalue weighted by Gasteiger charge is 2.20. The molecular weight excluding hydrogens is 174 g/mol. The van der Waals surface area contributed by atoms with Crippen LogP contribution in [0.25, 0.3) is 0 Å². The van der Waals surface area contributed by atoms with E-state index in [1.807, 2.05) is 19.4 Å². The Hall–Kier alpha value is -0.830. The fraction of sp³-hybridized carbons (Fsp3) is 0.727. The number of hydrogen-bond acceptors (Lipinski definition) is 2. The van der Waals surface area contributed by atoms with E-state index in [1.165, 1.54) is 0 Å². The van der Waals surface area contributed by atoms with Crippen molar-refractivity contribution in [2.45, 2.75) is 39.7 Å². The van der Waals surface area contributed by atoms with Crippen LogP contribution in [0.1, 0.15) is 33.0 Å². The molecule has 0 saturated carbocycles. The number of aryl methyl sites for hydroxylation is 2. The van der Waals surface area contributed by atoms with Gasteiger partial charge in [0.25, 0.3) is 0 Å². The molecular formula is C11H21N3. The molecule has 0 spiro atoms. The van der Waals surface area contributed by atoms with Gasteiger partial charge in [-0.2, -0.15) is 0 Å². The minimum Gasteiger partial charge on any atom is -0.338 e. The second-order valence-corrected chi connectivity index (χ2v) is 4.97. The van der Waals surface area contributed by atoms with Gasteiger partial charge in [0.05, 0.1) is 0 Å². The van der Waals surface area contributed by atoms with Crippen molar-refractivity contribution in [2.75, 3.05) is 0 Å². The lowest BCUT2D eigenvalue weighted by atomic mass is 9.85. The van der Waals surface area contributed by atoms with Crippen LogP contribution in [0.4, 0.5) is 0 Å². The number of hydrogen-bond donors (Lipinski definition) is 1. The zero-order chi connectivity index (χ0) is 10.8. The Morgan fingerprint density at radius 1 is 1.50 bits per heavy atom. The van der Waals surface area contributed by atoms with Gasteiger partial charge < -0.3 is 10.3 Å². The molecule has 0 amide bonds. The van der Waals surface area contributed by atoms with Gasteiger partial charge in [-0.3, -0.25) is 0 Å². The molecule has 0 radical (unpaired) electrons. The zero-order valence-electron chi connectivity index (χ0n) is 9.62. The Bertz CT molecular complexity index is 283. The van der Waals surface area contributed by atoms with E-state index in [-0.39, 0.29) is 11.5 Å². The van der Waals surface area contributed by atoms with Gasteiger partial charge >= 0.3 is 0 Å². The van der Waals surface area contributed by atoms with Crippen molar-refractivity contribution in [3.8, 4) is 0 Å². The average molecular weight is 195 g/mol. The van der Waals surface area contributed by atoms with Crippen LogP contribution in [-0.2, 0) is 13.5 Å². The Morgan fingerprint density at radius 3 is 2.57 bits per heavy atom. The molecule has 0 bridgehead atoms. The smallest absolute Gasteiger partial charge is 0.108 e. The molecule has 2 N–H and O–H groups in total. The summed E-state index contributed by atoms with van der Waals surface area (Å²) in [6, 6.07) is 0.235. The highest BCUT2D eigenvalue weighted by molar-refractivity contribution is 4.92. The number of rotatable bonds is 3. The van der Waals surface area contributed by atoms with Crippen molar-refractivity contribution in [3.63, 3.8) is 0 Å². The summed E-state index contributed by atoms with van der Waals surface area (Å²) in [4.78, 5) is 4.28. The Labute approximate surface area is 86.3 Å². The van der Waals surface area contributed by atoms with Gasteiger partial charge in [0.2, 0.25) is 0 Å². The Balaban J connectivity index is 2.46. The van der Waals surface area contributed by atoms with Crippen molar-refractivity contribution in [2.24, 2.45) is 18.2 Å². The molecule has 1 atom stereocenters. The van der Waals surface area contributed by atoms with Gasteiger partial charge in [-0.05, 0) is 11.8 Å². The van der Waals surface area contributed by atoms with E-state index in [1.54, 1.807) is 0 Å². The third-order valence-electron chi connectivity index (χ3n) is 2.71. The fourth-order valence-electron chi connectivity index (χ4n) is 1.35. The molecule has 80 valence electrons. The first-order chi connectivity index (χ1) is 6.41. The minimum atomic E-state index is 0.186. The maximum atomic E-state index is 6.08. The molecule has 0 fully saturated rings. The van der Waals surface area contributed by atoms with Gasteiger partial charge in [0.1, 0.15) is 5.82 Å². The summed E-state index contributed by atoms with van der Waals surface area (Å²) in [5.41, 5.74) is 6.27. The lowest BCUT2D eigenvalue weighted by molar-refractivity contribution is 0.304. The molecule has 14 heavy (non-hydrogen) atoms. The first kappa shape index (κ1) is 11.2. The summed E-state index contributed by atoms with van der Waals surface area (Å²) in [6.45, 7) is 6.53. The second kappa shape index (κ2) is 4.13. The van der Waals surface area contributed by atoms with E-state index >= 15 is 0 Å². The van der Waals surface area contributed by atoms with E-state index in [0.29, 0.717) is 0 Å². The highest BCUT2D eigenvalue weighted by Crippen LogP contribution is 2.20. The van der Waals surface area contributed by atoms with E-state index < -0.39 is 0 Å². The number of nitrogens with zero attached hydrogens (tertiary/aromatic N) is 2. The molecule has 1 rings (SSSR count). The second-order valence-electron chi connectivity index (χ2n) is 4.97. The predicted octanol–water partition coefficient (Wildman–Crippen LogP) is 1.73. The van der Waals surface area contributed by atoms with E-state index in [9.17, 15) is 0 Å². The minimum absolute atomic E-state index is 0.186. The third kappa shape index (κ3) is 2.84. The number of imidazole rings is 1. The van der Waals surface area contributed by atoms with Gasteiger partial charge in [-0.1, -0.05) is 20.8 Å². The zero-order valence-corrected chi connectivity index (χ0v) is 9.62. The molecule has 1 aromatic rings. The van der Waals surface area contributed by atoms with Crippen LogP contribution in [0.5, 0.6) is 0 Å². The van der Waals surface area contributed by atoms with E-state index in [0.717, 1.165) is 18.7 Å². The maximum absolute atomic E-state index is 6.08. The summed E-state index contributed by atoms with van der Waals surface area (Å²) in [5.74, 6) is 1.12. The summed E-state index contributed by atoms with van der Waals surface area (Å²) in [6.07, 6.45) is 5.76. The summed E-state index contributed by atoms with van der Waals surface area (Å²) < 4.78 is 2.05. The SMILES string of the molecule is Cn1ccnc1CCC(N)C(C)(C)C. The Kier molecular flexibility index (Phi) is 3.32. The Morgan fingerprint density at radius 2 is 2.14 bits per heavy atom. The third-order valence-corrected chi connectivity index (χ3v) is 2.71. The van der Waals surface area contributed by atoms with Crippen LogP contribution in [0, 0.1) is 5.41 Å². The molecule has 1 unspecified atom stereocenters. The summed E-state index contributed by atoms with van der Waals surface area (Å²) in [7, 11) is 2.02. The summed E-state index contributed by atoms with van der Waals surface area (Å²) >= 11 is 0. The van der Waals surface area contributed by atoms with Crippen molar-refractivity contribution in [1.82, 2.24) is 9.55 Å². The molecule has 0 saturated heterocycles. The first-order valence-corrected chi connectivity index (χ1v) is 5.13. The van der Waals surface area contributed by atoms with Gasteiger partial charge in [0.15, 0.2) is 0 Å². The molecule has 1 aromatic heterocycles. The van der Waals surface area contributed by atoms with Gasteiger partial charge in [-0.25, -0.2) is 4.98 Å². The van der Waals surface area contributed by atoms with Crippen LogP contribution >= 0.6 is 0 Å². The lowest BCUT2D eigenvalue weighted by Crippen LogP contribution is -2.35. The van der Waals surface area contributed by atoms with Crippen LogP contribution in [0.3, 0.4) is 0 Å². The molecule has 0 aliphatic heterocycles. The molecule has 0 aromatic carbocycles. The van der Waals surface area contributed by atoms with Crippen LogP contribution in [0.2, 0.25) is 0 Å². The topological polar surface area (TPSA) is 43.8 Å². The van der Waals surface area contributed by atoms with Crippen molar-refractivity contribution in [3.05, 3.63) is 18.2 Å². The molecule has 1 heterocycles. The van der Waals surface area contributed by atoms with Crippen molar-refractivity contribution >= 4 is 0 Å². The number of aromatic nitrogens is 2. The van der Waals surface area contributed by atoms with Gasteiger partial charge in [-0.15, -0.1) is 0 Å². The maximum Gasteiger partial charge on any atom is 0.108 e. The standard InChI is InChI=1S/C11H21N3/c1-11(2,3)9(12)5-6-10-13-7-8-14(10)4/h7-9H,5-6,12H2,1-4H3. The van der Waals surface area contributed by atoms with Crippen LogP contribution in [-0.4, -0.2) is 15.6 Å². The van der Waals surface area contributed by atoms with Crippen molar-refractivity contribution < 1.29 is 0 Å². The van der Waals surface area contributed by atoms with Crippen molar-refractivity contribution in [1.29, 1.82) is 0 Å². The van der Waals surface area contributed by atoms with E-state index in [4.69, 9.17) is 5.73 Å². The molecule has 3 heteroatoms. The normalized spacial score (nSPS) is 14.4. The van der Waals surface area contributed by atoms with Gasteiger partial charge in [0, 0.05) is 31.9 Å². The molecule has 0 aliphatic carbocycles. The summed E-state index contributed by atoms with van der Waals surface area (Å²) in [5, 5.41) is 0. The van der Waals surface area contributed by atoms with Crippen LogP contribution in [0.15, 0.2) is 12.4 Å². The first-order valence-electron chi connectivity index (χ1n) is 5.13.